The minimum Gasteiger partial charge on any atom is -0.511 e. The molecule has 2 aromatic rings. The van der Waals surface area contributed by atoms with Crippen molar-refractivity contribution < 1.29 is 15.0 Å². The fourth-order valence-electron chi connectivity index (χ4n) is 4.36. The first-order valence-corrected chi connectivity index (χ1v) is 11.2. The number of aliphatic imine (C=N–C) groups is 1. The maximum atomic E-state index is 12.7. The van der Waals surface area contributed by atoms with Gasteiger partial charge in [-0.3, -0.25) is 19.6 Å². The van der Waals surface area contributed by atoms with Crippen molar-refractivity contribution in [2.24, 2.45) is 4.99 Å². The van der Waals surface area contributed by atoms with Gasteiger partial charge in [0, 0.05) is 76.4 Å². The van der Waals surface area contributed by atoms with Crippen molar-refractivity contribution in [3.8, 4) is 5.69 Å². The average Bonchev–Trinajstić information content (AvgIpc) is 3.34. The first-order chi connectivity index (χ1) is 15.6. The maximum absolute atomic E-state index is 12.7. The van der Waals surface area contributed by atoms with Gasteiger partial charge in [0.15, 0.2) is 5.78 Å². The van der Waals surface area contributed by atoms with E-state index in [-0.39, 0.29) is 24.1 Å². The lowest BCUT2D eigenvalue weighted by molar-refractivity contribution is -0.116. The summed E-state index contributed by atoms with van der Waals surface area (Å²) in [5, 5.41) is 19.5. The third kappa shape index (κ3) is 5.51. The Kier molecular flexibility index (Phi) is 7.47. The molecule has 1 unspecified atom stereocenters. The Morgan fingerprint density at radius 3 is 2.41 bits per heavy atom. The molecule has 32 heavy (non-hydrogen) atoms. The molecule has 8 nitrogen and oxygen atoms in total. The van der Waals surface area contributed by atoms with Crippen molar-refractivity contribution in [2.75, 3.05) is 52.4 Å². The van der Waals surface area contributed by atoms with Crippen LogP contribution in [0.2, 0.25) is 0 Å². The topological polar surface area (TPSA) is 94.2 Å². The lowest BCUT2D eigenvalue weighted by Gasteiger charge is -2.33. The predicted molar refractivity (Wildman–Crippen MR) is 124 cm³/mol. The molecule has 1 atom stereocenters. The van der Waals surface area contributed by atoms with Gasteiger partial charge in [0.2, 0.25) is 0 Å². The highest BCUT2D eigenvalue weighted by Crippen LogP contribution is 2.33. The van der Waals surface area contributed by atoms with Crippen molar-refractivity contribution in [3.63, 3.8) is 0 Å². The van der Waals surface area contributed by atoms with Gasteiger partial charge in [0.25, 0.3) is 0 Å². The molecule has 0 amide bonds. The van der Waals surface area contributed by atoms with E-state index >= 15 is 0 Å². The number of allylic oxidation sites excluding steroid dienone is 2. The minimum absolute atomic E-state index is 0.0216. The first-order valence-electron chi connectivity index (χ1n) is 11.2. The Hall–Kier alpha value is -2.81. The summed E-state index contributed by atoms with van der Waals surface area (Å²) in [4.78, 5) is 25.7. The van der Waals surface area contributed by atoms with E-state index in [0.717, 1.165) is 50.5 Å². The molecule has 170 valence electrons. The zero-order valence-electron chi connectivity index (χ0n) is 18.3. The van der Waals surface area contributed by atoms with Crippen LogP contribution in [0.3, 0.4) is 0 Å². The molecule has 1 aliphatic carbocycles. The smallest absolute Gasteiger partial charge is 0.168 e. The molecular formula is C24H31N5O3. The molecular weight excluding hydrogens is 406 g/mol. The van der Waals surface area contributed by atoms with E-state index in [1.807, 2.05) is 35.0 Å². The molecule has 8 heteroatoms. The number of aromatic nitrogens is 2. The number of carbonyl (C=O) groups is 1. The Morgan fingerprint density at radius 1 is 1.06 bits per heavy atom. The zero-order chi connectivity index (χ0) is 22.3. The lowest BCUT2D eigenvalue weighted by Crippen LogP contribution is -2.47. The number of imidazole rings is 1. The summed E-state index contributed by atoms with van der Waals surface area (Å²) in [6.45, 7) is 6.21. The van der Waals surface area contributed by atoms with Crippen LogP contribution in [0, 0.1) is 0 Å². The molecule has 1 aliphatic heterocycles. The van der Waals surface area contributed by atoms with E-state index in [0.29, 0.717) is 25.0 Å². The third-order valence-corrected chi connectivity index (χ3v) is 6.30. The highest BCUT2D eigenvalue weighted by Gasteiger charge is 2.27. The minimum atomic E-state index is -0.0567. The number of hydrogen-bond donors (Lipinski definition) is 2. The number of carbonyl (C=O) groups excluding carboxylic acids is 1. The summed E-state index contributed by atoms with van der Waals surface area (Å²) < 4.78 is 1.93. The molecule has 0 radical (unpaired) electrons. The molecule has 0 spiro atoms. The second-order valence-corrected chi connectivity index (χ2v) is 8.39. The summed E-state index contributed by atoms with van der Waals surface area (Å²) in [6.07, 6.45) is 7.75. The molecule has 1 fully saturated rings. The average molecular weight is 438 g/mol. The molecule has 2 heterocycles. The summed E-state index contributed by atoms with van der Waals surface area (Å²) in [5.74, 6) is 0.0526. The van der Waals surface area contributed by atoms with Crippen molar-refractivity contribution in [1.82, 2.24) is 19.4 Å². The van der Waals surface area contributed by atoms with Crippen LogP contribution in [-0.2, 0) is 4.79 Å². The number of benzene rings is 1. The maximum Gasteiger partial charge on any atom is 0.168 e. The Bertz CT molecular complexity index is 945. The standard InChI is InChI=1S/C24H31N5O3/c30-14-13-28-11-9-27(10-12-28)7-5-25-17-22-23(31)15-20(16-24(22)32)19-1-3-21(4-2-19)29-8-6-26-18-29/h1-4,6,8,17-18,20,30-31H,5,7,9-16H2. The van der Waals surface area contributed by atoms with Crippen molar-refractivity contribution in [1.29, 1.82) is 0 Å². The van der Waals surface area contributed by atoms with Gasteiger partial charge in [-0.1, -0.05) is 12.1 Å². The van der Waals surface area contributed by atoms with E-state index in [1.165, 1.54) is 0 Å². The zero-order valence-corrected chi connectivity index (χ0v) is 18.3. The van der Waals surface area contributed by atoms with Gasteiger partial charge in [-0.2, -0.15) is 0 Å². The van der Waals surface area contributed by atoms with Gasteiger partial charge in [0.05, 0.1) is 25.1 Å². The Labute approximate surface area is 188 Å². The van der Waals surface area contributed by atoms with Crippen molar-refractivity contribution >= 4 is 12.0 Å². The second kappa shape index (κ2) is 10.7. The number of ketones is 1. The van der Waals surface area contributed by atoms with Gasteiger partial charge in [-0.25, -0.2) is 4.98 Å². The molecule has 1 aromatic carbocycles. The highest BCUT2D eigenvalue weighted by atomic mass is 16.3. The van der Waals surface area contributed by atoms with E-state index in [2.05, 4.69) is 19.8 Å². The Morgan fingerprint density at radius 2 is 1.78 bits per heavy atom. The predicted octanol–water partition coefficient (Wildman–Crippen LogP) is 1.81. The van der Waals surface area contributed by atoms with Gasteiger partial charge >= 0.3 is 0 Å². The first kappa shape index (κ1) is 22.4. The number of aliphatic hydroxyl groups is 2. The van der Waals surface area contributed by atoms with Crippen LogP contribution in [0.4, 0.5) is 0 Å². The van der Waals surface area contributed by atoms with E-state index < -0.39 is 0 Å². The van der Waals surface area contributed by atoms with E-state index in [4.69, 9.17) is 5.11 Å². The normalized spacial score (nSPS) is 21.0. The van der Waals surface area contributed by atoms with Gasteiger partial charge in [-0.05, 0) is 23.6 Å². The number of β-amino-alcohol motifs (C(OH)–C–C–N with tert-alkyl or cyclic N) is 1. The Balaban J connectivity index is 1.29. The van der Waals surface area contributed by atoms with Crippen LogP contribution < -0.4 is 0 Å². The van der Waals surface area contributed by atoms with Crippen LogP contribution in [0.1, 0.15) is 24.3 Å². The fourth-order valence-corrected chi connectivity index (χ4v) is 4.36. The monoisotopic (exact) mass is 437 g/mol. The molecule has 2 N–H and O–H groups in total. The largest absolute Gasteiger partial charge is 0.511 e. The van der Waals surface area contributed by atoms with E-state index in [9.17, 15) is 9.90 Å². The summed E-state index contributed by atoms with van der Waals surface area (Å²) in [7, 11) is 0. The summed E-state index contributed by atoms with van der Waals surface area (Å²) >= 11 is 0. The van der Waals surface area contributed by atoms with Gasteiger partial charge in [0.1, 0.15) is 5.76 Å². The second-order valence-electron chi connectivity index (χ2n) is 8.39. The van der Waals surface area contributed by atoms with E-state index in [1.54, 1.807) is 18.7 Å². The van der Waals surface area contributed by atoms with Crippen molar-refractivity contribution in [3.05, 3.63) is 59.9 Å². The van der Waals surface area contributed by atoms with Crippen LogP contribution >= 0.6 is 0 Å². The van der Waals surface area contributed by atoms with Crippen LogP contribution in [0.15, 0.2) is 59.3 Å². The molecule has 1 aromatic heterocycles. The molecule has 0 saturated carbocycles. The number of nitrogens with zero attached hydrogens (tertiary/aromatic N) is 5. The molecule has 1 saturated heterocycles. The van der Waals surface area contributed by atoms with Crippen LogP contribution in [0.5, 0.6) is 0 Å². The summed E-state index contributed by atoms with van der Waals surface area (Å²) in [5.41, 5.74) is 2.41. The van der Waals surface area contributed by atoms with Gasteiger partial charge < -0.3 is 14.8 Å². The number of hydrogen-bond acceptors (Lipinski definition) is 7. The SMILES string of the molecule is O=C1CC(c2ccc(-n3ccnc3)cc2)CC(O)=C1C=NCCN1CCN(CCO)CC1. The number of Topliss-reactive ketones (excluding diaryl/α,β-unsaturated/α-hetero) is 1. The molecule has 4 rings (SSSR count). The number of rotatable bonds is 8. The quantitative estimate of drug-likeness (QED) is 0.612. The third-order valence-electron chi connectivity index (χ3n) is 6.30. The van der Waals surface area contributed by atoms with Gasteiger partial charge in [-0.15, -0.1) is 0 Å². The summed E-state index contributed by atoms with van der Waals surface area (Å²) in [6, 6.07) is 8.03. The lowest BCUT2D eigenvalue weighted by atomic mass is 9.83. The fraction of sp³-hybridized carbons (Fsp3) is 0.458. The van der Waals surface area contributed by atoms with Crippen LogP contribution in [-0.4, -0.2) is 94.0 Å². The number of piperazine rings is 1. The van der Waals surface area contributed by atoms with Crippen molar-refractivity contribution in [2.45, 2.75) is 18.8 Å². The van der Waals surface area contributed by atoms with Crippen LogP contribution in [0.25, 0.3) is 5.69 Å². The molecule has 0 bridgehead atoms. The highest BCUT2D eigenvalue weighted by molar-refractivity contribution is 6.14. The molecule has 2 aliphatic rings. The number of aliphatic hydroxyl groups excluding tert-OH is 2.